The zero-order chi connectivity index (χ0) is 16.4. The highest BCUT2D eigenvalue weighted by atomic mass is 32.2. The summed E-state index contributed by atoms with van der Waals surface area (Å²) in [5.41, 5.74) is -0.298. The van der Waals surface area contributed by atoms with Crippen molar-refractivity contribution in [2.24, 2.45) is 5.41 Å². The van der Waals surface area contributed by atoms with Crippen LogP contribution in [0, 0.1) is 5.41 Å². The number of ether oxygens (including phenoxy) is 1. The van der Waals surface area contributed by atoms with Crippen LogP contribution in [0.3, 0.4) is 0 Å². The van der Waals surface area contributed by atoms with Gasteiger partial charge in [-0.05, 0) is 39.0 Å². The monoisotopic (exact) mass is 307 g/mol. The van der Waals surface area contributed by atoms with E-state index in [1.54, 1.807) is 6.26 Å². The Labute approximate surface area is 125 Å². The molecule has 0 saturated heterocycles. The summed E-state index contributed by atoms with van der Waals surface area (Å²) in [5.74, 6) is 3.77. The zero-order valence-electron chi connectivity index (χ0n) is 14.4. The van der Waals surface area contributed by atoms with Gasteiger partial charge >= 0.3 is 0 Å². The second kappa shape index (κ2) is 6.77. The first-order chi connectivity index (χ1) is 8.69. The van der Waals surface area contributed by atoms with Gasteiger partial charge in [0.25, 0.3) is 0 Å². The van der Waals surface area contributed by atoms with Gasteiger partial charge in [0.05, 0.1) is 18.8 Å². The Morgan fingerprint density at radius 1 is 1.25 bits per heavy atom. The van der Waals surface area contributed by atoms with Crippen molar-refractivity contribution in [3.05, 3.63) is 0 Å². The minimum Gasteiger partial charge on any atom is -0.394 e. The third-order valence-electron chi connectivity index (χ3n) is 3.40. The Morgan fingerprint density at radius 2 is 1.70 bits per heavy atom. The number of aliphatic hydroxyl groups is 1. The average Bonchev–Trinajstić information content (AvgIpc) is 2.18. The van der Waals surface area contributed by atoms with E-state index in [1.165, 1.54) is 0 Å². The van der Waals surface area contributed by atoms with Crippen molar-refractivity contribution in [3.8, 4) is 0 Å². The predicted molar refractivity (Wildman–Crippen MR) is 88.5 cm³/mol. The van der Waals surface area contributed by atoms with Crippen LogP contribution in [0.2, 0.25) is 0 Å². The van der Waals surface area contributed by atoms with E-state index in [9.17, 15) is 9.32 Å². The summed E-state index contributed by atoms with van der Waals surface area (Å²) in [6.07, 6.45) is 1.25. The molecule has 1 unspecified atom stereocenters. The number of rotatable bonds is 6. The Bertz CT molecular complexity index is 390. The standard InChI is InChI=1S/C15H33NO3S/c1-12(14(2,3)4)19-13(11-17)10-16(15(5,6)7)20(8,9)18/h12-13,17H,8,10-11H2,1-7,9H3/t12-,13-,20?/m0/s1. The molecule has 0 aliphatic carbocycles. The van der Waals surface area contributed by atoms with Gasteiger partial charge in [0, 0.05) is 28.0 Å². The molecule has 0 bridgehead atoms. The highest BCUT2D eigenvalue weighted by Gasteiger charge is 2.31. The molecule has 0 spiro atoms. The van der Waals surface area contributed by atoms with E-state index in [1.807, 2.05) is 32.0 Å². The highest BCUT2D eigenvalue weighted by Crippen LogP contribution is 2.24. The molecule has 20 heavy (non-hydrogen) atoms. The maximum atomic E-state index is 12.3. The van der Waals surface area contributed by atoms with E-state index in [4.69, 9.17) is 4.74 Å². The van der Waals surface area contributed by atoms with Crippen molar-refractivity contribution in [1.82, 2.24) is 4.31 Å². The fourth-order valence-corrected chi connectivity index (χ4v) is 3.47. The fraction of sp³-hybridized carbons (Fsp3) is 0.933. The van der Waals surface area contributed by atoms with Crippen molar-refractivity contribution in [2.45, 2.75) is 66.2 Å². The smallest absolute Gasteiger partial charge is 0.0946 e. The minimum absolute atomic E-state index is 0.000748. The van der Waals surface area contributed by atoms with Crippen molar-refractivity contribution in [1.29, 1.82) is 0 Å². The van der Waals surface area contributed by atoms with Crippen LogP contribution in [0.4, 0.5) is 0 Å². The highest BCUT2D eigenvalue weighted by molar-refractivity contribution is 7.97. The molecule has 0 radical (unpaired) electrons. The lowest BCUT2D eigenvalue weighted by molar-refractivity contribution is -0.0827. The van der Waals surface area contributed by atoms with Gasteiger partial charge in [-0.25, -0.2) is 4.31 Å². The first-order valence-electron chi connectivity index (χ1n) is 7.06. The lowest BCUT2D eigenvalue weighted by Crippen LogP contribution is -2.50. The molecule has 5 heteroatoms. The molecule has 0 fully saturated rings. The SMILES string of the molecule is C=S(C)(=O)N(C[C@@H](CO)O[C@@H](C)C(C)(C)C)C(C)(C)C. The molecular formula is C15H33NO3S. The van der Waals surface area contributed by atoms with Gasteiger partial charge in [0.15, 0.2) is 0 Å². The molecular weight excluding hydrogens is 274 g/mol. The van der Waals surface area contributed by atoms with Crippen LogP contribution in [0.15, 0.2) is 0 Å². The summed E-state index contributed by atoms with van der Waals surface area (Å²) in [4.78, 5) is 0. The third kappa shape index (κ3) is 6.57. The van der Waals surface area contributed by atoms with Crippen LogP contribution >= 0.6 is 0 Å². The van der Waals surface area contributed by atoms with Gasteiger partial charge in [-0.2, -0.15) is 0 Å². The molecule has 0 aromatic carbocycles. The van der Waals surface area contributed by atoms with E-state index < -0.39 is 9.71 Å². The molecule has 0 aliphatic rings. The van der Waals surface area contributed by atoms with Crippen LogP contribution in [0.5, 0.6) is 0 Å². The second-order valence-electron chi connectivity index (χ2n) is 7.64. The third-order valence-corrected chi connectivity index (χ3v) is 5.03. The van der Waals surface area contributed by atoms with E-state index in [2.05, 4.69) is 26.6 Å². The van der Waals surface area contributed by atoms with Gasteiger partial charge in [-0.1, -0.05) is 20.8 Å². The second-order valence-corrected chi connectivity index (χ2v) is 10.00. The number of nitrogens with zero attached hydrogens (tertiary/aromatic N) is 1. The first-order valence-corrected chi connectivity index (χ1v) is 9.15. The van der Waals surface area contributed by atoms with Crippen molar-refractivity contribution in [3.63, 3.8) is 0 Å². The predicted octanol–water partition coefficient (Wildman–Crippen LogP) is 2.16. The molecule has 3 atom stereocenters. The number of hydrogen-bond donors (Lipinski definition) is 1. The molecule has 0 aromatic heterocycles. The fourth-order valence-electron chi connectivity index (χ4n) is 1.83. The molecule has 0 aromatic rings. The Morgan fingerprint density at radius 3 is 1.95 bits per heavy atom. The maximum absolute atomic E-state index is 12.3. The van der Waals surface area contributed by atoms with Crippen molar-refractivity contribution in [2.75, 3.05) is 19.4 Å². The van der Waals surface area contributed by atoms with Crippen LogP contribution in [0.25, 0.3) is 0 Å². The van der Waals surface area contributed by atoms with Crippen molar-refractivity contribution < 1.29 is 14.1 Å². The molecule has 4 nitrogen and oxygen atoms in total. The Hall–Kier alpha value is -0.100. The molecule has 0 aliphatic heterocycles. The number of aliphatic hydroxyl groups excluding tert-OH is 1. The Balaban J connectivity index is 5.02. The summed E-state index contributed by atoms with van der Waals surface area (Å²) in [6, 6.07) is 0. The van der Waals surface area contributed by atoms with E-state index in [0.717, 1.165) is 0 Å². The summed E-state index contributed by atoms with van der Waals surface area (Å²) in [6.45, 7) is 14.6. The van der Waals surface area contributed by atoms with Crippen LogP contribution in [0.1, 0.15) is 48.5 Å². The Kier molecular flexibility index (Phi) is 6.74. The maximum Gasteiger partial charge on any atom is 0.0946 e. The zero-order valence-corrected chi connectivity index (χ0v) is 15.2. The lowest BCUT2D eigenvalue weighted by Gasteiger charge is -2.39. The quantitative estimate of drug-likeness (QED) is 0.765. The number of hydrogen-bond acceptors (Lipinski definition) is 3. The molecule has 1 N–H and O–H groups in total. The van der Waals surface area contributed by atoms with E-state index >= 15 is 0 Å². The summed E-state index contributed by atoms with van der Waals surface area (Å²) in [7, 11) is -2.36. The van der Waals surface area contributed by atoms with Crippen LogP contribution in [-0.2, 0) is 14.4 Å². The van der Waals surface area contributed by atoms with Gasteiger partial charge in [0.1, 0.15) is 0 Å². The lowest BCUT2D eigenvalue weighted by atomic mass is 9.90. The van der Waals surface area contributed by atoms with Gasteiger partial charge in [-0.15, -0.1) is 0 Å². The summed E-state index contributed by atoms with van der Waals surface area (Å²) >= 11 is 0. The first kappa shape index (κ1) is 19.9. The molecule has 0 saturated carbocycles. The largest absolute Gasteiger partial charge is 0.394 e. The summed E-state index contributed by atoms with van der Waals surface area (Å²) < 4.78 is 20.1. The van der Waals surface area contributed by atoms with Crippen molar-refractivity contribution >= 4 is 15.6 Å². The van der Waals surface area contributed by atoms with E-state index in [0.29, 0.717) is 6.54 Å². The molecule has 0 amide bonds. The normalized spacial score (nSPS) is 19.7. The summed E-state index contributed by atoms with van der Waals surface area (Å²) in [5, 5.41) is 9.56. The van der Waals surface area contributed by atoms with Crippen LogP contribution < -0.4 is 0 Å². The van der Waals surface area contributed by atoms with E-state index in [-0.39, 0.29) is 29.8 Å². The molecule has 0 rings (SSSR count). The average molecular weight is 308 g/mol. The topological polar surface area (TPSA) is 49.8 Å². The minimum atomic E-state index is -2.36. The molecule has 122 valence electrons. The van der Waals surface area contributed by atoms with Gasteiger partial charge in [0.2, 0.25) is 0 Å². The van der Waals surface area contributed by atoms with Gasteiger partial charge < -0.3 is 9.84 Å². The molecule has 0 heterocycles. The van der Waals surface area contributed by atoms with Gasteiger partial charge in [-0.3, -0.25) is 4.21 Å². The van der Waals surface area contributed by atoms with Crippen LogP contribution in [-0.4, -0.2) is 56.6 Å².